The van der Waals surface area contributed by atoms with Crippen molar-refractivity contribution in [3.05, 3.63) is 29.8 Å². The molecule has 4 nitrogen and oxygen atoms in total. The monoisotopic (exact) mass is 248 g/mol. The third kappa shape index (κ3) is 3.55. The van der Waals surface area contributed by atoms with Crippen molar-refractivity contribution in [2.24, 2.45) is 5.92 Å². The smallest absolute Gasteiger partial charge is 0.229 e. The second-order valence-corrected chi connectivity index (χ2v) is 4.53. The third-order valence-corrected chi connectivity index (χ3v) is 3.07. The Balaban J connectivity index is 1.93. The van der Waals surface area contributed by atoms with Crippen molar-refractivity contribution >= 4 is 11.6 Å². The molecule has 2 rings (SSSR count). The Bertz CT molecular complexity index is 401. The molecule has 1 aromatic rings. The van der Waals surface area contributed by atoms with Crippen LogP contribution in [-0.2, 0) is 16.1 Å². The lowest BCUT2D eigenvalue weighted by atomic mass is 10.1. The van der Waals surface area contributed by atoms with Crippen LogP contribution in [0.2, 0.25) is 0 Å². The lowest BCUT2D eigenvalue weighted by molar-refractivity contribution is -0.119. The van der Waals surface area contributed by atoms with E-state index in [1.165, 1.54) is 5.56 Å². The number of hydrogen-bond acceptors (Lipinski definition) is 3. The normalized spacial score (nSPS) is 18.8. The van der Waals surface area contributed by atoms with Crippen LogP contribution < -0.4 is 10.6 Å². The fourth-order valence-corrected chi connectivity index (χ4v) is 2.01. The Kier molecular flexibility index (Phi) is 4.73. The zero-order valence-corrected chi connectivity index (χ0v) is 10.7. The van der Waals surface area contributed by atoms with Crippen LogP contribution in [0.1, 0.15) is 18.9 Å². The van der Waals surface area contributed by atoms with Gasteiger partial charge in [0.05, 0.1) is 12.5 Å². The summed E-state index contributed by atoms with van der Waals surface area (Å²) in [7, 11) is 0. The molecule has 0 saturated carbocycles. The maximum Gasteiger partial charge on any atom is 0.229 e. The SMILES string of the molecule is CCNCc1cccc(NC(=O)C2CCOC2)c1. The molecule has 98 valence electrons. The van der Waals surface area contributed by atoms with Crippen LogP contribution in [-0.4, -0.2) is 25.7 Å². The van der Waals surface area contributed by atoms with Crippen LogP contribution in [0.4, 0.5) is 5.69 Å². The number of ether oxygens (including phenoxy) is 1. The van der Waals surface area contributed by atoms with E-state index in [-0.39, 0.29) is 11.8 Å². The summed E-state index contributed by atoms with van der Waals surface area (Å²) in [5, 5.41) is 6.22. The summed E-state index contributed by atoms with van der Waals surface area (Å²) in [6, 6.07) is 7.95. The second-order valence-electron chi connectivity index (χ2n) is 4.53. The molecule has 0 aliphatic carbocycles. The zero-order chi connectivity index (χ0) is 12.8. The van der Waals surface area contributed by atoms with Crippen molar-refractivity contribution in [3.8, 4) is 0 Å². The summed E-state index contributed by atoms with van der Waals surface area (Å²) < 4.78 is 5.22. The molecule has 1 atom stereocenters. The predicted octanol–water partition coefficient (Wildman–Crippen LogP) is 1.77. The maximum absolute atomic E-state index is 11.9. The van der Waals surface area contributed by atoms with Gasteiger partial charge in [0.1, 0.15) is 0 Å². The lowest BCUT2D eigenvalue weighted by Gasteiger charge is -2.10. The van der Waals surface area contributed by atoms with Gasteiger partial charge in [0, 0.05) is 18.8 Å². The van der Waals surface area contributed by atoms with Crippen molar-refractivity contribution in [1.29, 1.82) is 0 Å². The molecule has 18 heavy (non-hydrogen) atoms. The minimum atomic E-state index is 0.00224. The van der Waals surface area contributed by atoms with Gasteiger partial charge in [-0.2, -0.15) is 0 Å². The van der Waals surface area contributed by atoms with Gasteiger partial charge in [-0.25, -0.2) is 0 Å². The van der Waals surface area contributed by atoms with Gasteiger partial charge in [0.15, 0.2) is 0 Å². The first-order valence-corrected chi connectivity index (χ1v) is 6.48. The molecular weight excluding hydrogens is 228 g/mol. The van der Waals surface area contributed by atoms with Crippen LogP contribution in [0, 0.1) is 5.92 Å². The number of hydrogen-bond donors (Lipinski definition) is 2. The van der Waals surface area contributed by atoms with Crippen molar-refractivity contribution in [2.45, 2.75) is 19.9 Å². The minimum Gasteiger partial charge on any atom is -0.381 e. The van der Waals surface area contributed by atoms with Crippen LogP contribution in [0.25, 0.3) is 0 Å². The number of nitrogens with one attached hydrogen (secondary N) is 2. The molecule has 0 radical (unpaired) electrons. The number of benzene rings is 1. The lowest BCUT2D eigenvalue weighted by Crippen LogP contribution is -2.23. The molecule has 2 N–H and O–H groups in total. The summed E-state index contributed by atoms with van der Waals surface area (Å²) in [4.78, 5) is 11.9. The van der Waals surface area contributed by atoms with E-state index in [0.717, 1.165) is 25.2 Å². The molecule has 1 amide bonds. The zero-order valence-electron chi connectivity index (χ0n) is 10.7. The van der Waals surface area contributed by atoms with E-state index in [0.29, 0.717) is 13.2 Å². The summed E-state index contributed by atoms with van der Waals surface area (Å²) in [5.74, 6) is 0.0653. The van der Waals surface area contributed by atoms with E-state index in [4.69, 9.17) is 4.74 Å². The Morgan fingerprint density at radius 3 is 3.11 bits per heavy atom. The summed E-state index contributed by atoms with van der Waals surface area (Å²) >= 11 is 0. The highest BCUT2D eigenvalue weighted by molar-refractivity contribution is 5.92. The molecule has 1 unspecified atom stereocenters. The summed E-state index contributed by atoms with van der Waals surface area (Å²) in [5.41, 5.74) is 2.04. The number of rotatable bonds is 5. The highest BCUT2D eigenvalue weighted by Gasteiger charge is 2.23. The maximum atomic E-state index is 11.9. The van der Waals surface area contributed by atoms with E-state index in [1.54, 1.807) is 0 Å². The van der Waals surface area contributed by atoms with Crippen LogP contribution in [0.5, 0.6) is 0 Å². The Hall–Kier alpha value is -1.39. The number of amides is 1. The van der Waals surface area contributed by atoms with Crippen molar-refractivity contribution in [2.75, 3.05) is 25.1 Å². The molecule has 0 spiro atoms. The molecule has 0 bridgehead atoms. The van der Waals surface area contributed by atoms with Gasteiger partial charge in [-0.1, -0.05) is 19.1 Å². The molecular formula is C14H20N2O2. The topological polar surface area (TPSA) is 50.4 Å². The van der Waals surface area contributed by atoms with E-state index >= 15 is 0 Å². The number of carbonyl (C=O) groups is 1. The Morgan fingerprint density at radius 2 is 2.39 bits per heavy atom. The van der Waals surface area contributed by atoms with E-state index in [2.05, 4.69) is 23.6 Å². The van der Waals surface area contributed by atoms with Crippen molar-refractivity contribution in [3.63, 3.8) is 0 Å². The van der Waals surface area contributed by atoms with Gasteiger partial charge in [-0.3, -0.25) is 4.79 Å². The average Bonchev–Trinajstić information content (AvgIpc) is 2.91. The fraction of sp³-hybridized carbons (Fsp3) is 0.500. The highest BCUT2D eigenvalue weighted by atomic mass is 16.5. The van der Waals surface area contributed by atoms with Crippen molar-refractivity contribution in [1.82, 2.24) is 5.32 Å². The molecule has 0 aromatic heterocycles. The van der Waals surface area contributed by atoms with E-state index in [1.807, 2.05) is 18.2 Å². The predicted molar refractivity (Wildman–Crippen MR) is 71.4 cm³/mol. The summed E-state index contributed by atoms with van der Waals surface area (Å²) in [6.07, 6.45) is 0.822. The van der Waals surface area contributed by atoms with Crippen LogP contribution in [0.15, 0.2) is 24.3 Å². The first-order chi connectivity index (χ1) is 8.79. The quantitative estimate of drug-likeness (QED) is 0.835. The van der Waals surface area contributed by atoms with Gasteiger partial charge in [0.25, 0.3) is 0 Å². The summed E-state index contributed by atoms with van der Waals surface area (Å²) in [6.45, 7) is 5.08. The van der Waals surface area contributed by atoms with Gasteiger partial charge in [-0.15, -0.1) is 0 Å². The first kappa shape index (κ1) is 13.1. The van der Waals surface area contributed by atoms with Gasteiger partial charge < -0.3 is 15.4 Å². The van der Waals surface area contributed by atoms with Gasteiger partial charge in [0.2, 0.25) is 5.91 Å². The number of carbonyl (C=O) groups excluding carboxylic acids is 1. The Morgan fingerprint density at radius 1 is 1.50 bits per heavy atom. The molecule has 1 aromatic carbocycles. The van der Waals surface area contributed by atoms with Crippen molar-refractivity contribution < 1.29 is 9.53 Å². The molecule has 1 saturated heterocycles. The van der Waals surface area contributed by atoms with Gasteiger partial charge >= 0.3 is 0 Å². The average molecular weight is 248 g/mol. The first-order valence-electron chi connectivity index (χ1n) is 6.48. The number of anilines is 1. The van der Waals surface area contributed by atoms with Gasteiger partial charge in [-0.05, 0) is 30.7 Å². The Labute approximate surface area is 108 Å². The van der Waals surface area contributed by atoms with Crippen LogP contribution >= 0.6 is 0 Å². The second kappa shape index (κ2) is 6.52. The molecule has 4 heteroatoms. The standard InChI is InChI=1S/C14H20N2O2/c1-2-15-9-11-4-3-5-13(8-11)16-14(17)12-6-7-18-10-12/h3-5,8,12,15H,2,6-7,9-10H2,1H3,(H,16,17). The molecule has 1 fully saturated rings. The third-order valence-electron chi connectivity index (χ3n) is 3.07. The van der Waals surface area contributed by atoms with E-state index < -0.39 is 0 Å². The molecule has 1 aliphatic heterocycles. The van der Waals surface area contributed by atoms with E-state index in [9.17, 15) is 4.79 Å². The van der Waals surface area contributed by atoms with Crippen LogP contribution in [0.3, 0.4) is 0 Å². The minimum absolute atomic E-state index is 0.00224. The largest absolute Gasteiger partial charge is 0.381 e. The molecule has 1 aliphatic rings. The fourth-order valence-electron chi connectivity index (χ4n) is 2.01. The molecule has 1 heterocycles. The highest BCUT2D eigenvalue weighted by Crippen LogP contribution is 2.16.